The molecule has 0 spiro atoms. The standard InChI is InChI=1S/C24H27N3O4/c1-3-29-19-13-11-18(12-14-19)23-26-22(31-27-23)15-25-24(28)16(2)30-21-10-6-8-17-7-4-5-9-20(17)21/h6,8,10-14,16H,3-5,7,9,15H2,1-2H3,(H,25,28)/t16-/m0/s1. The molecule has 4 rings (SSSR count). The summed E-state index contributed by atoms with van der Waals surface area (Å²) in [5.74, 6) is 2.16. The highest BCUT2D eigenvalue weighted by Crippen LogP contribution is 2.30. The molecule has 1 aromatic heterocycles. The SMILES string of the molecule is CCOc1ccc(-c2noc(CNC(=O)[C@H](C)Oc3cccc4c3CCCC4)n2)cc1. The van der Waals surface area contributed by atoms with Crippen molar-refractivity contribution >= 4 is 5.91 Å². The van der Waals surface area contributed by atoms with Gasteiger partial charge in [-0.3, -0.25) is 4.79 Å². The molecule has 3 aromatic rings. The Hall–Kier alpha value is -3.35. The largest absolute Gasteiger partial charge is 0.494 e. The van der Waals surface area contributed by atoms with Crippen molar-refractivity contribution in [1.29, 1.82) is 0 Å². The molecule has 0 fully saturated rings. The Morgan fingerprint density at radius 3 is 2.77 bits per heavy atom. The first kappa shape index (κ1) is 20.9. The first-order valence-electron chi connectivity index (χ1n) is 10.7. The third-order valence-corrected chi connectivity index (χ3v) is 5.33. The summed E-state index contributed by atoms with van der Waals surface area (Å²) in [6.45, 7) is 4.44. The number of nitrogens with zero attached hydrogens (tertiary/aromatic N) is 2. The number of ether oxygens (including phenoxy) is 2. The van der Waals surface area contributed by atoms with Crippen LogP contribution in [-0.2, 0) is 24.2 Å². The summed E-state index contributed by atoms with van der Waals surface area (Å²) in [6, 6.07) is 13.5. The Kier molecular flexibility index (Phi) is 6.50. The number of carbonyl (C=O) groups excluding carboxylic acids is 1. The van der Waals surface area contributed by atoms with E-state index in [-0.39, 0.29) is 12.5 Å². The third-order valence-electron chi connectivity index (χ3n) is 5.33. The average Bonchev–Trinajstić information content (AvgIpc) is 3.27. The maximum absolute atomic E-state index is 12.5. The highest BCUT2D eigenvalue weighted by molar-refractivity contribution is 5.80. The number of amides is 1. The van der Waals surface area contributed by atoms with Gasteiger partial charge in [-0.05, 0) is 81.0 Å². The van der Waals surface area contributed by atoms with Crippen molar-refractivity contribution in [3.05, 3.63) is 59.5 Å². The van der Waals surface area contributed by atoms with E-state index in [0.29, 0.717) is 18.3 Å². The monoisotopic (exact) mass is 421 g/mol. The van der Waals surface area contributed by atoms with Crippen molar-refractivity contribution in [1.82, 2.24) is 15.5 Å². The lowest BCUT2D eigenvalue weighted by molar-refractivity contribution is -0.127. The number of carbonyl (C=O) groups is 1. The average molecular weight is 421 g/mol. The lowest BCUT2D eigenvalue weighted by atomic mass is 9.91. The van der Waals surface area contributed by atoms with Crippen LogP contribution in [0.5, 0.6) is 11.5 Å². The summed E-state index contributed by atoms with van der Waals surface area (Å²) >= 11 is 0. The molecule has 0 radical (unpaired) electrons. The summed E-state index contributed by atoms with van der Waals surface area (Å²) in [5, 5.41) is 6.80. The van der Waals surface area contributed by atoms with Gasteiger partial charge in [0.25, 0.3) is 5.91 Å². The van der Waals surface area contributed by atoms with Gasteiger partial charge in [0.05, 0.1) is 13.2 Å². The first-order chi connectivity index (χ1) is 15.1. The van der Waals surface area contributed by atoms with Crippen LogP contribution in [0.2, 0.25) is 0 Å². The second-order valence-electron chi connectivity index (χ2n) is 7.55. The van der Waals surface area contributed by atoms with Crippen molar-refractivity contribution in [2.24, 2.45) is 0 Å². The van der Waals surface area contributed by atoms with Gasteiger partial charge in [0, 0.05) is 5.56 Å². The molecule has 7 heteroatoms. The molecule has 0 saturated carbocycles. The topological polar surface area (TPSA) is 86.5 Å². The van der Waals surface area contributed by atoms with Crippen LogP contribution in [0.3, 0.4) is 0 Å². The zero-order valence-corrected chi connectivity index (χ0v) is 17.9. The molecule has 1 heterocycles. The number of aryl methyl sites for hydroxylation is 1. The molecule has 1 N–H and O–H groups in total. The molecule has 0 aliphatic heterocycles. The van der Waals surface area contributed by atoms with Crippen LogP contribution >= 0.6 is 0 Å². The second kappa shape index (κ2) is 9.64. The molecule has 1 aliphatic rings. The molecule has 162 valence electrons. The number of hydrogen-bond acceptors (Lipinski definition) is 6. The van der Waals surface area contributed by atoms with E-state index >= 15 is 0 Å². The van der Waals surface area contributed by atoms with Gasteiger partial charge in [-0.15, -0.1) is 0 Å². The minimum Gasteiger partial charge on any atom is -0.494 e. The molecule has 1 aliphatic carbocycles. The van der Waals surface area contributed by atoms with E-state index in [2.05, 4.69) is 21.5 Å². The smallest absolute Gasteiger partial charge is 0.261 e. The molecular formula is C24H27N3O4. The number of rotatable bonds is 8. The Morgan fingerprint density at radius 1 is 1.16 bits per heavy atom. The fourth-order valence-corrected chi connectivity index (χ4v) is 3.72. The van der Waals surface area contributed by atoms with Crippen LogP contribution in [-0.4, -0.2) is 28.8 Å². The number of aromatic nitrogens is 2. The van der Waals surface area contributed by atoms with Crippen LogP contribution in [0.4, 0.5) is 0 Å². The lowest BCUT2D eigenvalue weighted by Crippen LogP contribution is -2.36. The molecular weight excluding hydrogens is 394 g/mol. The third kappa shape index (κ3) is 5.05. The van der Waals surface area contributed by atoms with Gasteiger partial charge >= 0.3 is 0 Å². The summed E-state index contributed by atoms with van der Waals surface area (Å²) in [6.07, 6.45) is 3.80. The Bertz CT molecular complexity index is 1030. The molecule has 1 amide bonds. The minimum absolute atomic E-state index is 0.142. The zero-order valence-electron chi connectivity index (χ0n) is 17.9. The number of benzene rings is 2. The molecule has 2 aromatic carbocycles. The van der Waals surface area contributed by atoms with E-state index in [4.69, 9.17) is 14.0 Å². The van der Waals surface area contributed by atoms with Crippen LogP contribution in [0.25, 0.3) is 11.4 Å². The zero-order chi connectivity index (χ0) is 21.6. The normalized spacial score (nSPS) is 13.9. The molecule has 1 atom stereocenters. The molecule has 0 unspecified atom stereocenters. The Labute approximate surface area is 181 Å². The first-order valence-corrected chi connectivity index (χ1v) is 10.7. The van der Waals surface area contributed by atoms with Crippen LogP contribution < -0.4 is 14.8 Å². The molecule has 31 heavy (non-hydrogen) atoms. The van der Waals surface area contributed by atoms with Gasteiger partial charge in [0.15, 0.2) is 6.10 Å². The summed E-state index contributed by atoms with van der Waals surface area (Å²) in [5.41, 5.74) is 3.37. The highest BCUT2D eigenvalue weighted by atomic mass is 16.5. The minimum atomic E-state index is -0.623. The van der Waals surface area contributed by atoms with E-state index in [9.17, 15) is 4.79 Å². The summed E-state index contributed by atoms with van der Waals surface area (Å²) in [4.78, 5) is 16.9. The van der Waals surface area contributed by atoms with E-state index in [1.54, 1.807) is 6.92 Å². The fourth-order valence-electron chi connectivity index (χ4n) is 3.72. The molecule has 7 nitrogen and oxygen atoms in total. The lowest BCUT2D eigenvalue weighted by Gasteiger charge is -2.21. The van der Waals surface area contributed by atoms with Gasteiger partial charge in [-0.25, -0.2) is 0 Å². The van der Waals surface area contributed by atoms with Crippen LogP contribution in [0, 0.1) is 0 Å². The predicted octanol–water partition coefficient (Wildman–Crippen LogP) is 4.10. The summed E-state index contributed by atoms with van der Waals surface area (Å²) in [7, 11) is 0. The van der Waals surface area contributed by atoms with E-state index in [1.807, 2.05) is 43.3 Å². The Morgan fingerprint density at radius 2 is 1.97 bits per heavy atom. The molecule has 0 bridgehead atoms. The van der Waals surface area contributed by atoms with Crippen LogP contribution in [0.15, 0.2) is 47.0 Å². The summed E-state index contributed by atoms with van der Waals surface area (Å²) < 4.78 is 16.7. The van der Waals surface area contributed by atoms with Crippen LogP contribution in [0.1, 0.15) is 43.7 Å². The van der Waals surface area contributed by atoms with Gasteiger partial charge < -0.3 is 19.3 Å². The van der Waals surface area contributed by atoms with Gasteiger partial charge in [-0.1, -0.05) is 17.3 Å². The Balaban J connectivity index is 1.33. The molecule has 0 saturated heterocycles. The number of nitrogens with one attached hydrogen (secondary N) is 1. The maximum atomic E-state index is 12.5. The van der Waals surface area contributed by atoms with E-state index in [1.165, 1.54) is 17.5 Å². The van der Waals surface area contributed by atoms with Gasteiger partial charge in [0.1, 0.15) is 11.5 Å². The van der Waals surface area contributed by atoms with Crippen molar-refractivity contribution in [3.63, 3.8) is 0 Å². The second-order valence-corrected chi connectivity index (χ2v) is 7.55. The highest BCUT2D eigenvalue weighted by Gasteiger charge is 2.20. The maximum Gasteiger partial charge on any atom is 0.261 e. The van der Waals surface area contributed by atoms with Crippen molar-refractivity contribution < 1.29 is 18.8 Å². The van der Waals surface area contributed by atoms with Crippen molar-refractivity contribution in [2.75, 3.05) is 6.61 Å². The number of hydrogen-bond donors (Lipinski definition) is 1. The quantitative estimate of drug-likeness (QED) is 0.589. The predicted molar refractivity (Wildman–Crippen MR) is 116 cm³/mol. The number of fused-ring (bicyclic) bond motifs is 1. The van der Waals surface area contributed by atoms with Crippen molar-refractivity contribution in [3.8, 4) is 22.9 Å². The van der Waals surface area contributed by atoms with Gasteiger partial charge in [-0.2, -0.15) is 4.98 Å². The fraction of sp³-hybridized carbons (Fsp3) is 0.375. The van der Waals surface area contributed by atoms with E-state index < -0.39 is 6.10 Å². The van der Waals surface area contributed by atoms with E-state index in [0.717, 1.165) is 36.3 Å². The van der Waals surface area contributed by atoms with Crippen molar-refractivity contribution in [2.45, 2.75) is 52.2 Å². The van der Waals surface area contributed by atoms with Gasteiger partial charge in [0.2, 0.25) is 11.7 Å².